The topological polar surface area (TPSA) is 50.7 Å². The van der Waals surface area contributed by atoms with Crippen LogP contribution in [-0.2, 0) is 0 Å². The third kappa shape index (κ3) is 3.62. The fraction of sp³-hybridized carbons (Fsp3) is 0.125. The minimum atomic E-state index is 0.494. The van der Waals surface area contributed by atoms with Crippen molar-refractivity contribution in [1.82, 2.24) is 15.2 Å². The number of benzene rings is 3. The molecule has 0 saturated carbocycles. The number of aromatic nitrogens is 3. The molecule has 28 heavy (non-hydrogen) atoms. The fourth-order valence-electron chi connectivity index (χ4n) is 3.46. The molecule has 0 aliphatic rings. The minimum absolute atomic E-state index is 0.494. The quantitative estimate of drug-likeness (QED) is 0.490. The van der Waals surface area contributed by atoms with Gasteiger partial charge >= 0.3 is 0 Å². The normalized spacial score (nSPS) is 10.7. The van der Waals surface area contributed by atoms with Gasteiger partial charge in [-0.05, 0) is 31.9 Å². The largest absolute Gasteiger partial charge is 0.322 e. The van der Waals surface area contributed by atoms with Gasteiger partial charge in [-0.3, -0.25) is 0 Å². The van der Waals surface area contributed by atoms with Crippen LogP contribution in [0.4, 0.5) is 11.6 Å². The van der Waals surface area contributed by atoms with Crippen LogP contribution < -0.4 is 5.32 Å². The average molecular weight is 366 g/mol. The lowest BCUT2D eigenvalue weighted by atomic mass is 10.0. The van der Waals surface area contributed by atoms with Gasteiger partial charge in [-0.15, -0.1) is 10.2 Å². The van der Waals surface area contributed by atoms with E-state index in [1.165, 1.54) is 5.56 Å². The van der Waals surface area contributed by atoms with Gasteiger partial charge in [0.2, 0.25) is 5.95 Å². The summed E-state index contributed by atoms with van der Waals surface area (Å²) in [6.07, 6.45) is 0. The molecular formula is C24H22N4. The third-order valence-corrected chi connectivity index (χ3v) is 4.70. The van der Waals surface area contributed by atoms with Crippen molar-refractivity contribution < 1.29 is 0 Å². The second-order valence-corrected chi connectivity index (χ2v) is 6.96. The van der Waals surface area contributed by atoms with Gasteiger partial charge in [0.05, 0.1) is 0 Å². The number of hydrogen-bond donors (Lipinski definition) is 1. The highest BCUT2D eigenvalue weighted by atomic mass is 15.2. The van der Waals surface area contributed by atoms with Crippen molar-refractivity contribution in [3.63, 3.8) is 0 Å². The van der Waals surface area contributed by atoms with E-state index in [1.54, 1.807) is 0 Å². The van der Waals surface area contributed by atoms with Crippen molar-refractivity contribution in [3.8, 4) is 22.5 Å². The van der Waals surface area contributed by atoms with Crippen molar-refractivity contribution in [2.75, 3.05) is 5.32 Å². The van der Waals surface area contributed by atoms with E-state index in [1.807, 2.05) is 60.7 Å². The number of anilines is 2. The van der Waals surface area contributed by atoms with Crippen molar-refractivity contribution in [1.29, 1.82) is 0 Å². The number of hydrogen-bond acceptors (Lipinski definition) is 4. The van der Waals surface area contributed by atoms with Crippen molar-refractivity contribution in [2.45, 2.75) is 20.8 Å². The lowest BCUT2D eigenvalue weighted by molar-refractivity contribution is 0.988. The fourth-order valence-corrected chi connectivity index (χ4v) is 3.46. The summed E-state index contributed by atoms with van der Waals surface area (Å²) in [7, 11) is 0. The maximum atomic E-state index is 4.83. The highest BCUT2D eigenvalue weighted by molar-refractivity contribution is 5.78. The average Bonchev–Trinajstić information content (AvgIpc) is 2.72. The van der Waals surface area contributed by atoms with E-state index in [0.29, 0.717) is 5.95 Å². The Labute approximate surface area is 165 Å². The summed E-state index contributed by atoms with van der Waals surface area (Å²) in [5, 5.41) is 12.3. The lowest BCUT2D eigenvalue weighted by Crippen LogP contribution is -2.05. The summed E-state index contributed by atoms with van der Waals surface area (Å²) >= 11 is 0. The number of nitrogens with zero attached hydrogens (tertiary/aromatic N) is 3. The maximum absolute atomic E-state index is 4.83. The minimum Gasteiger partial charge on any atom is -0.322 e. The molecule has 0 unspecified atom stereocenters. The first-order valence-corrected chi connectivity index (χ1v) is 9.32. The molecule has 4 heteroatoms. The van der Waals surface area contributed by atoms with E-state index in [9.17, 15) is 0 Å². The zero-order chi connectivity index (χ0) is 19.5. The summed E-state index contributed by atoms with van der Waals surface area (Å²) in [4.78, 5) is 4.83. The summed E-state index contributed by atoms with van der Waals surface area (Å²) in [5.74, 6) is 0.494. The third-order valence-electron chi connectivity index (χ3n) is 4.70. The smallest absolute Gasteiger partial charge is 0.247 e. The Morgan fingerprint density at radius 1 is 0.643 bits per heavy atom. The predicted octanol–water partition coefficient (Wildman–Crippen LogP) is 5.87. The van der Waals surface area contributed by atoms with Gasteiger partial charge in [0.25, 0.3) is 0 Å². The van der Waals surface area contributed by atoms with Crippen LogP contribution in [0.1, 0.15) is 16.7 Å². The Kier molecular flexibility index (Phi) is 4.85. The SMILES string of the molecule is Cc1cc(C)c(Nc2nnc(-c3ccccc3)c(-c3ccccc3)n2)c(C)c1. The van der Waals surface area contributed by atoms with E-state index in [4.69, 9.17) is 4.98 Å². The van der Waals surface area contributed by atoms with E-state index in [-0.39, 0.29) is 0 Å². The monoisotopic (exact) mass is 366 g/mol. The molecule has 0 amide bonds. The highest BCUT2D eigenvalue weighted by Crippen LogP contribution is 2.30. The van der Waals surface area contributed by atoms with Gasteiger partial charge in [0, 0.05) is 16.8 Å². The van der Waals surface area contributed by atoms with Crippen LogP contribution >= 0.6 is 0 Å². The Morgan fingerprint density at radius 3 is 1.75 bits per heavy atom. The van der Waals surface area contributed by atoms with Gasteiger partial charge in [0.1, 0.15) is 11.4 Å². The molecule has 0 aliphatic heterocycles. The molecule has 0 saturated heterocycles. The van der Waals surface area contributed by atoms with E-state index < -0.39 is 0 Å². The van der Waals surface area contributed by atoms with Crippen LogP contribution in [0.3, 0.4) is 0 Å². The van der Waals surface area contributed by atoms with Gasteiger partial charge in [-0.1, -0.05) is 78.4 Å². The highest BCUT2D eigenvalue weighted by Gasteiger charge is 2.14. The predicted molar refractivity (Wildman–Crippen MR) is 115 cm³/mol. The summed E-state index contributed by atoms with van der Waals surface area (Å²) in [6.45, 7) is 6.28. The van der Waals surface area contributed by atoms with Gasteiger partial charge in [-0.25, -0.2) is 4.98 Å². The van der Waals surface area contributed by atoms with Crippen LogP contribution in [0.2, 0.25) is 0 Å². The molecule has 1 aromatic heterocycles. The number of aryl methyl sites for hydroxylation is 3. The number of nitrogens with one attached hydrogen (secondary N) is 1. The molecule has 4 aromatic rings. The van der Waals surface area contributed by atoms with Crippen LogP contribution in [0.5, 0.6) is 0 Å². The first kappa shape index (κ1) is 17.9. The van der Waals surface area contributed by atoms with E-state index in [0.717, 1.165) is 39.3 Å². The molecule has 1 N–H and O–H groups in total. The Balaban J connectivity index is 1.81. The zero-order valence-corrected chi connectivity index (χ0v) is 16.3. The Hall–Kier alpha value is -3.53. The number of rotatable bonds is 4. The van der Waals surface area contributed by atoms with Gasteiger partial charge in [-0.2, -0.15) is 0 Å². The summed E-state index contributed by atoms with van der Waals surface area (Å²) in [5.41, 5.74) is 8.18. The molecule has 4 rings (SSSR count). The second kappa shape index (κ2) is 7.61. The zero-order valence-electron chi connectivity index (χ0n) is 16.3. The van der Waals surface area contributed by atoms with Gasteiger partial charge < -0.3 is 5.32 Å². The molecule has 0 bridgehead atoms. The van der Waals surface area contributed by atoms with E-state index in [2.05, 4.69) is 48.4 Å². The van der Waals surface area contributed by atoms with Crippen molar-refractivity contribution in [3.05, 3.63) is 89.5 Å². The molecule has 0 radical (unpaired) electrons. The Morgan fingerprint density at radius 2 is 1.18 bits per heavy atom. The molecule has 138 valence electrons. The molecule has 0 spiro atoms. The van der Waals surface area contributed by atoms with Crippen LogP contribution in [0.15, 0.2) is 72.8 Å². The van der Waals surface area contributed by atoms with Crippen LogP contribution in [0.25, 0.3) is 22.5 Å². The van der Waals surface area contributed by atoms with Gasteiger partial charge in [0.15, 0.2) is 0 Å². The van der Waals surface area contributed by atoms with Crippen molar-refractivity contribution in [2.24, 2.45) is 0 Å². The van der Waals surface area contributed by atoms with Crippen LogP contribution in [-0.4, -0.2) is 15.2 Å². The first-order chi connectivity index (χ1) is 13.6. The standard InChI is InChI=1S/C24H22N4/c1-16-14-17(2)21(18(3)15-16)25-24-26-22(19-10-6-4-7-11-19)23(27-28-24)20-12-8-5-9-13-20/h4-15H,1-3H3,(H,25,26,28). The van der Waals surface area contributed by atoms with E-state index >= 15 is 0 Å². The first-order valence-electron chi connectivity index (χ1n) is 9.32. The molecule has 4 nitrogen and oxygen atoms in total. The summed E-state index contributed by atoms with van der Waals surface area (Å²) < 4.78 is 0. The molecule has 1 heterocycles. The summed E-state index contributed by atoms with van der Waals surface area (Å²) in [6, 6.07) is 24.4. The van der Waals surface area contributed by atoms with Crippen LogP contribution in [0, 0.1) is 20.8 Å². The Bertz CT molecular complexity index is 1080. The molecule has 0 aliphatic carbocycles. The molecule has 3 aromatic carbocycles. The molecule has 0 atom stereocenters. The molecule has 0 fully saturated rings. The molecular weight excluding hydrogens is 344 g/mol. The maximum Gasteiger partial charge on any atom is 0.247 e. The van der Waals surface area contributed by atoms with Crippen molar-refractivity contribution >= 4 is 11.6 Å². The lowest BCUT2D eigenvalue weighted by Gasteiger charge is -2.14. The second-order valence-electron chi connectivity index (χ2n) is 6.96.